The summed E-state index contributed by atoms with van der Waals surface area (Å²) in [6, 6.07) is 0. The molecule has 2 heterocycles. The van der Waals surface area contributed by atoms with Crippen molar-refractivity contribution in [3.63, 3.8) is 0 Å². The van der Waals surface area contributed by atoms with Crippen LogP contribution in [0.2, 0.25) is 0 Å². The van der Waals surface area contributed by atoms with Crippen LogP contribution in [0.3, 0.4) is 0 Å². The lowest BCUT2D eigenvalue weighted by Gasteiger charge is -2.26. The Balaban J connectivity index is 2.13. The van der Waals surface area contributed by atoms with Crippen LogP contribution in [0, 0.1) is 5.41 Å². The van der Waals surface area contributed by atoms with Gasteiger partial charge >= 0.3 is 5.69 Å². The lowest BCUT2D eigenvalue weighted by molar-refractivity contribution is 0.0916. The maximum Gasteiger partial charge on any atom is 0.337 e. The van der Waals surface area contributed by atoms with Gasteiger partial charge in [0.15, 0.2) is 10.9 Å². The number of imidazole rings is 1. The molecule has 0 fully saturated rings. The molecule has 0 spiro atoms. The van der Waals surface area contributed by atoms with Crippen LogP contribution in [0.25, 0.3) is 5.13 Å². The minimum Gasteiger partial charge on any atom is -0.493 e. The van der Waals surface area contributed by atoms with Gasteiger partial charge in [-0.15, -0.1) is 0 Å². The number of aromatic nitrogens is 3. The zero-order chi connectivity index (χ0) is 14.7. The van der Waals surface area contributed by atoms with E-state index >= 15 is 0 Å². The van der Waals surface area contributed by atoms with Crippen molar-refractivity contribution in [1.82, 2.24) is 14.1 Å². The second kappa shape index (κ2) is 4.05. The Kier molecular flexibility index (Phi) is 2.66. The largest absolute Gasteiger partial charge is 0.493 e. The summed E-state index contributed by atoms with van der Waals surface area (Å²) in [7, 11) is 1.48. The summed E-state index contributed by atoms with van der Waals surface area (Å²) in [5, 5.41) is 10.0. The van der Waals surface area contributed by atoms with Crippen LogP contribution in [0.1, 0.15) is 35.6 Å². The summed E-state index contributed by atoms with van der Waals surface area (Å²) >= 11 is 1.21. The fraction of sp³-hybridized carbons (Fsp3) is 0.462. The number of carbonyl (C=O) groups is 1. The standard InChI is InChI=1S/C13H15N3O3S/c1-13(2)4-7-10(8(17)5-13)20-11(14-7)16-6-9(18)15(3)12(16)19/h6,18H,4-5H2,1-3H3. The van der Waals surface area contributed by atoms with Crippen molar-refractivity contribution in [3.05, 3.63) is 27.3 Å². The molecule has 0 aromatic carbocycles. The van der Waals surface area contributed by atoms with Gasteiger partial charge in [-0.1, -0.05) is 25.2 Å². The van der Waals surface area contributed by atoms with Gasteiger partial charge in [0.2, 0.25) is 5.88 Å². The summed E-state index contributed by atoms with van der Waals surface area (Å²) in [4.78, 5) is 29.1. The normalized spacial score (nSPS) is 17.2. The highest BCUT2D eigenvalue weighted by Gasteiger charge is 2.34. The number of carbonyl (C=O) groups excluding carboxylic acids is 1. The Bertz CT molecular complexity index is 766. The Labute approximate surface area is 119 Å². The lowest BCUT2D eigenvalue weighted by Crippen LogP contribution is -2.26. The maximum absolute atomic E-state index is 12.1. The number of ketones is 1. The number of thiazole rings is 1. The van der Waals surface area contributed by atoms with Crippen LogP contribution < -0.4 is 5.69 Å². The highest BCUT2D eigenvalue weighted by Crippen LogP contribution is 2.37. The molecule has 0 amide bonds. The molecule has 0 saturated heterocycles. The predicted molar refractivity (Wildman–Crippen MR) is 74.8 cm³/mol. The molecule has 106 valence electrons. The molecule has 7 heteroatoms. The van der Waals surface area contributed by atoms with Gasteiger partial charge in [0, 0.05) is 13.5 Å². The maximum atomic E-state index is 12.1. The molecule has 6 nitrogen and oxygen atoms in total. The quantitative estimate of drug-likeness (QED) is 0.864. The molecule has 1 aliphatic rings. The van der Waals surface area contributed by atoms with Gasteiger partial charge in [0.05, 0.1) is 16.8 Å². The number of nitrogens with zero attached hydrogens (tertiary/aromatic N) is 3. The van der Waals surface area contributed by atoms with Crippen molar-refractivity contribution in [2.45, 2.75) is 26.7 Å². The smallest absolute Gasteiger partial charge is 0.337 e. The fourth-order valence-corrected chi connectivity index (χ4v) is 3.45. The molecule has 0 saturated carbocycles. The van der Waals surface area contributed by atoms with Gasteiger partial charge in [0.1, 0.15) is 0 Å². The molecule has 0 atom stereocenters. The highest BCUT2D eigenvalue weighted by molar-refractivity contribution is 7.16. The minimum absolute atomic E-state index is 0.0770. The molecule has 0 aliphatic heterocycles. The molecule has 0 unspecified atom stereocenters. The monoisotopic (exact) mass is 293 g/mol. The van der Waals surface area contributed by atoms with Crippen LogP contribution in [-0.4, -0.2) is 25.0 Å². The van der Waals surface area contributed by atoms with Gasteiger partial charge in [-0.2, -0.15) is 0 Å². The number of aromatic hydroxyl groups is 1. The van der Waals surface area contributed by atoms with Crippen molar-refractivity contribution >= 4 is 17.1 Å². The molecule has 1 N–H and O–H groups in total. The van der Waals surface area contributed by atoms with Crippen molar-refractivity contribution < 1.29 is 9.90 Å². The third-order valence-electron chi connectivity index (χ3n) is 3.51. The van der Waals surface area contributed by atoms with Crippen LogP contribution in [0.5, 0.6) is 5.88 Å². The van der Waals surface area contributed by atoms with Gasteiger partial charge in [-0.25, -0.2) is 14.3 Å². The van der Waals surface area contributed by atoms with Gasteiger partial charge in [-0.05, 0) is 11.8 Å². The van der Waals surface area contributed by atoms with E-state index in [2.05, 4.69) is 4.98 Å². The summed E-state index contributed by atoms with van der Waals surface area (Å²) in [5.74, 6) is -0.0527. The number of fused-ring (bicyclic) bond motifs is 1. The zero-order valence-corrected chi connectivity index (χ0v) is 12.3. The average molecular weight is 293 g/mol. The van der Waals surface area contributed by atoms with E-state index in [0.29, 0.717) is 16.4 Å². The number of rotatable bonds is 1. The number of hydrogen-bond donors (Lipinski definition) is 1. The van der Waals surface area contributed by atoms with E-state index < -0.39 is 0 Å². The molecule has 0 radical (unpaired) electrons. The number of hydrogen-bond acceptors (Lipinski definition) is 5. The van der Waals surface area contributed by atoms with E-state index in [1.807, 2.05) is 13.8 Å². The van der Waals surface area contributed by atoms with Crippen LogP contribution in [-0.2, 0) is 13.5 Å². The fourth-order valence-electron chi connectivity index (χ4n) is 2.46. The molecule has 2 aromatic rings. The Morgan fingerprint density at radius 3 is 2.65 bits per heavy atom. The number of Topliss-reactive ketones (excluding diaryl/α,β-unsaturated/α-hetero) is 1. The molecule has 1 aliphatic carbocycles. The topological polar surface area (TPSA) is 77.1 Å². The first-order valence-electron chi connectivity index (χ1n) is 6.29. The third kappa shape index (κ3) is 1.89. The first-order chi connectivity index (χ1) is 9.28. The molecular weight excluding hydrogens is 278 g/mol. The highest BCUT2D eigenvalue weighted by atomic mass is 32.1. The lowest BCUT2D eigenvalue weighted by atomic mass is 9.78. The molecule has 20 heavy (non-hydrogen) atoms. The van der Waals surface area contributed by atoms with Crippen molar-refractivity contribution in [1.29, 1.82) is 0 Å². The van der Waals surface area contributed by atoms with E-state index in [1.165, 1.54) is 29.1 Å². The van der Waals surface area contributed by atoms with Crippen LogP contribution >= 0.6 is 11.3 Å². The SMILES string of the molecule is Cn1c(O)cn(-c2nc3c(s2)C(=O)CC(C)(C)C3)c1=O. The van der Waals surface area contributed by atoms with Crippen molar-refractivity contribution in [3.8, 4) is 11.0 Å². The van der Waals surface area contributed by atoms with Gasteiger partial charge in [0.25, 0.3) is 0 Å². The third-order valence-corrected chi connectivity index (χ3v) is 4.65. The molecular formula is C13H15N3O3S. The summed E-state index contributed by atoms with van der Waals surface area (Å²) in [5.41, 5.74) is 0.279. The van der Waals surface area contributed by atoms with Gasteiger partial charge in [-0.3, -0.25) is 9.36 Å². The van der Waals surface area contributed by atoms with Crippen molar-refractivity contribution in [2.24, 2.45) is 12.5 Å². The molecule has 3 rings (SSSR count). The second-order valence-corrected chi connectivity index (χ2v) is 6.89. The summed E-state index contributed by atoms with van der Waals surface area (Å²) in [6.45, 7) is 4.07. The minimum atomic E-state index is -0.375. The van der Waals surface area contributed by atoms with E-state index in [9.17, 15) is 14.7 Å². The first-order valence-corrected chi connectivity index (χ1v) is 7.11. The second-order valence-electron chi connectivity index (χ2n) is 5.91. The van der Waals surface area contributed by atoms with E-state index in [1.54, 1.807) is 0 Å². The zero-order valence-electron chi connectivity index (χ0n) is 11.5. The van der Waals surface area contributed by atoms with Crippen LogP contribution in [0.4, 0.5) is 0 Å². The van der Waals surface area contributed by atoms with Gasteiger partial charge < -0.3 is 5.11 Å². The Morgan fingerprint density at radius 2 is 2.05 bits per heavy atom. The summed E-state index contributed by atoms with van der Waals surface area (Å²) < 4.78 is 2.41. The summed E-state index contributed by atoms with van der Waals surface area (Å²) in [6.07, 6.45) is 2.54. The van der Waals surface area contributed by atoms with E-state index in [-0.39, 0.29) is 22.8 Å². The predicted octanol–water partition coefficient (Wildman–Crippen LogP) is 1.49. The average Bonchev–Trinajstić information content (AvgIpc) is 2.85. The van der Waals surface area contributed by atoms with E-state index in [0.717, 1.165) is 16.7 Å². The van der Waals surface area contributed by atoms with E-state index in [4.69, 9.17) is 0 Å². The molecule has 2 aromatic heterocycles. The Morgan fingerprint density at radius 1 is 1.35 bits per heavy atom. The van der Waals surface area contributed by atoms with Crippen molar-refractivity contribution in [2.75, 3.05) is 0 Å². The molecule has 0 bridgehead atoms. The van der Waals surface area contributed by atoms with Crippen LogP contribution in [0.15, 0.2) is 11.0 Å². The first kappa shape index (κ1) is 13.1. The Hall–Kier alpha value is -1.89.